The van der Waals surface area contributed by atoms with E-state index in [1.54, 1.807) is 0 Å². The number of hydrogen-bond acceptors (Lipinski definition) is 2. The molecule has 0 unspecified atom stereocenters. The second-order valence-electron chi connectivity index (χ2n) is 5.02. The van der Waals surface area contributed by atoms with Gasteiger partial charge < -0.3 is 10.2 Å². The van der Waals surface area contributed by atoms with E-state index in [4.69, 9.17) is 0 Å². The van der Waals surface area contributed by atoms with Gasteiger partial charge in [-0.2, -0.15) is 0 Å². The first-order chi connectivity index (χ1) is 8.92. The van der Waals surface area contributed by atoms with Gasteiger partial charge in [0.05, 0.1) is 0 Å². The summed E-state index contributed by atoms with van der Waals surface area (Å²) < 4.78 is 0. The van der Waals surface area contributed by atoms with Crippen molar-refractivity contribution in [3.8, 4) is 0 Å². The molecule has 0 bridgehead atoms. The third kappa shape index (κ3) is 3.69. The zero-order valence-corrected chi connectivity index (χ0v) is 12.0. The Hall–Kier alpha value is -1.09. The lowest BCUT2D eigenvalue weighted by Gasteiger charge is -2.27. The van der Waals surface area contributed by atoms with Crippen LogP contribution < -0.4 is 5.32 Å². The zero-order valence-electron chi connectivity index (χ0n) is 11.1. The molecule has 0 aromatic heterocycles. The number of rotatable bonds is 3. The van der Waals surface area contributed by atoms with E-state index in [9.17, 15) is 0 Å². The van der Waals surface area contributed by atoms with Crippen LogP contribution in [0.4, 0.5) is 0 Å². The third-order valence-electron chi connectivity index (χ3n) is 3.74. The first kappa shape index (κ1) is 14.3. The molecule has 0 spiro atoms. The number of benzene rings is 2. The number of nitrogens with zero attached hydrogens (tertiary/aromatic N) is 1. The minimum Gasteiger partial charge on any atom is -0.314 e. The third-order valence-corrected chi connectivity index (χ3v) is 3.74. The summed E-state index contributed by atoms with van der Waals surface area (Å²) in [6.45, 7) is 5.83. The van der Waals surface area contributed by atoms with Gasteiger partial charge in [-0.15, -0.1) is 12.4 Å². The van der Waals surface area contributed by atoms with Gasteiger partial charge in [-0.05, 0) is 22.8 Å². The first-order valence-corrected chi connectivity index (χ1v) is 6.82. The number of hydrogen-bond donors (Lipinski definition) is 1. The number of fused-ring (bicyclic) bond motifs is 1. The number of nitrogens with one attached hydrogen (secondary N) is 1. The Kier molecular flexibility index (Phi) is 5.20. The Morgan fingerprint density at radius 3 is 2.47 bits per heavy atom. The summed E-state index contributed by atoms with van der Waals surface area (Å²) in [6.07, 6.45) is 1.16. The maximum atomic E-state index is 3.40. The second-order valence-corrected chi connectivity index (χ2v) is 5.02. The summed E-state index contributed by atoms with van der Waals surface area (Å²) in [4.78, 5) is 2.55. The van der Waals surface area contributed by atoms with Crippen molar-refractivity contribution in [2.75, 3.05) is 32.7 Å². The predicted molar refractivity (Wildman–Crippen MR) is 84.2 cm³/mol. The Balaban J connectivity index is 0.00000133. The summed E-state index contributed by atoms with van der Waals surface area (Å²) >= 11 is 0. The normalized spacial score (nSPS) is 16.2. The molecule has 0 atom stereocenters. The molecule has 1 fully saturated rings. The molecular weight excluding hydrogens is 256 g/mol. The van der Waals surface area contributed by atoms with Crippen molar-refractivity contribution in [2.24, 2.45) is 0 Å². The van der Waals surface area contributed by atoms with E-state index in [1.807, 2.05) is 0 Å². The van der Waals surface area contributed by atoms with Gasteiger partial charge in [0, 0.05) is 32.7 Å². The van der Waals surface area contributed by atoms with Crippen molar-refractivity contribution in [2.45, 2.75) is 6.42 Å². The molecule has 102 valence electrons. The lowest BCUT2D eigenvalue weighted by atomic mass is 10.0. The maximum absolute atomic E-state index is 3.40. The van der Waals surface area contributed by atoms with E-state index in [1.165, 1.54) is 36.0 Å². The van der Waals surface area contributed by atoms with Crippen LogP contribution >= 0.6 is 12.4 Å². The molecule has 0 radical (unpaired) electrons. The van der Waals surface area contributed by atoms with Gasteiger partial charge in [0.25, 0.3) is 0 Å². The molecule has 0 aliphatic carbocycles. The van der Waals surface area contributed by atoms with Gasteiger partial charge in [-0.1, -0.05) is 42.5 Å². The highest BCUT2D eigenvalue weighted by atomic mass is 35.5. The van der Waals surface area contributed by atoms with Crippen LogP contribution in [0, 0.1) is 0 Å². The van der Waals surface area contributed by atoms with E-state index in [0.29, 0.717) is 0 Å². The summed E-state index contributed by atoms with van der Waals surface area (Å²) in [6, 6.07) is 15.4. The van der Waals surface area contributed by atoms with Crippen molar-refractivity contribution in [3.63, 3.8) is 0 Å². The topological polar surface area (TPSA) is 15.3 Å². The van der Waals surface area contributed by atoms with E-state index in [0.717, 1.165) is 19.5 Å². The van der Waals surface area contributed by atoms with Gasteiger partial charge in [-0.3, -0.25) is 0 Å². The minimum atomic E-state index is 0. The standard InChI is InChI=1S/C16H20N2.ClH/c1-2-4-16-13-14(5-6-15(16)3-1)7-10-18-11-8-17-9-12-18;/h1-6,13,17H,7-12H2;1H. The number of piperazine rings is 1. The SMILES string of the molecule is Cl.c1ccc2cc(CCN3CCNCC3)ccc2c1. The Morgan fingerprint density at radius 1 is 0.947 bits per heavy atom. The zero-order chi connectivity index (χ0) is 12.2. The fraction of sp³-hybridized carbons (Fsp3) is 0.375. The molecule has 2 aromatic carbocycles. The largest absolute Gasteiger partial charge is 0.314 e. The second kappa shape index (κ2) is 6.90. The van der Waals surface area contributed by atoms with Crippen molar-refractivity contribution >= 4 is 23.2 Å². The van der Waals surface area contributed by atoms with Gasteiger partial charge in [0.2, 0.25) is 0 Å². The summed E-state index contributed by atoms with van der Waals surface area (Å²) in [7, 11) is 0. The molecule has 0 saturated carbocycles. The molecule has 0 amide bonds. The van der Waals surface area contributed by atoms with Crippen LogP contribution in [0.15, 0.2) is 42.5 Å². The summed E-state index contributed by atoms with van der Waals surface area (Å²) in [5.74, 6) is 0. The van der Waals surface area contributed by atoms with Crippen molar-refractivity contribution < 1.29 is 0 Å². The highest BCUT2D eigenvalue weighted by Gasteiger charge is 2.08. The first-order valence-electron chi connectivity index (χ1n) is 6.82. The molecule has 1 heterocycles. The van der Waals surface area contributed by atoms with Crippen LogP contribution in [-0.2, 0) is 6.42 Å². The van der Waals surface area contributed by atoms with Crippen LogP contribution in [0.3, 0.4) is 0 Å². The maximum Gasteiger partial charge on any atom is 0.0108 e. The molecule has 3 rings (SSSR count). The average Bonchev–Trinajstić information content (AvgIpc) is 2.46. The fourth-order valence-electron chi connectivity index (χ4n) is 2.62. The fourth-order valence-corrected chi connectivity index (χ4v) is 2.62. The molecule has 1 aliphatic rings. The van der Waals surface area contributed by atoms with E-state index < -0.39 is 0 Å². The molecule has 2 aromatic rings. The van der Waals surface area contributed by atoms with Gasteiger partial charge in [0.15, 0.2) is 0 Å². The number of halogens is 1. The summed E-state index contributed by atoms with van der Waals surface area (Å²) in [5.41, 5.74) is 1.45. The van der Waals surface area contributed by atoms with Gasteiger partial charge in [0.1, 0.15) is 0 Å². The van der Waals surface area contributed by atoms with E-state index >= 15 is 0 Å². The van der Waals surface area contributed by atoms with Gasteiger partial charge >= 0.3 is 0 Å². The Bertz CT molecular complexity index is 521. The predicted octanol–water partition coefficient (Wildman–Crippen LogP) is 2.71. The molecule has 1 aliphatic heterocycles. The molecule has 1 N–H and O–H groups in total. The van der Waals surface area contributed by atoms with Crippen molar-refractivity contribution in [1.29, 1.82) is 0 Å². The quantitative estimate of drug-likeness (QED) is 0.927. The lowest BCUT2D eigenvalue weighted by molar-refractivity contribution is 0.244. The smallest absolute Gasteiger partial charge is 0.0108 e. The minimum absolute atomic E-state index is 0. The molecule has 3 heteroatoms. The lowest BCUT2D eigenvalue weighted by Crippen LogP contribution is -2.44. The van der Waals surface area contributed by atoms with Crippen molar-refractivity contribution in [1.82, 2.24) is 10.2 Å². The molecular formula is C16H21ClN2. The van der Waals surface area contributed by atoms with Crippen molar-refractivity contribution in [3.05, 3.63) is 48.0 Å². The molecule has 19 heavy (non-hydrogen) atoms. The Labute approximate surface area is 121 Å². The highest BCUT2D eigenvalue weighted by molar-refractivity contribution is 5.85. The monoisotopic (exact) mass is 276 g/mol. The van der Waals surface area contributed by atoms with E-state index in [2.05, 4.69) is 52.7 Å². The molecule has 1 saturated heterocycles. The van der Waals surface area contributed by atoms with Crippen LogP contribution in [0.2, 0.25) is 0 Å². The summed E-state index contributed by atoms with van der Waals surface area (Å²) in [5, 5.41) is 6.09. The Morgan fingerprint density at radius 2 is 1.68 bits per heavy atom. The van der Waals surface area contributed by atoms with Crippen LogP contribution in [0.25, 0.3) is 10.8 Å². The average molecular weight is 277 g/mol. The van der Waals surface area contributed by atoms with Crippen LogP contribution in [0.5, 0.6) is 0 Å². The van der Waals surface area contributed by atoms with Gasteiger partial charge in [-0.25, -0.2) is 0 Å². The van der Waals surface area contributed by atoms with Crippen LogP contribution in [-0.4, -0.2) is 37.6 Å². The molecule has 2 nitrogen and oxygen atoms in total. The highest BCUT2D eigenvalue weighted by Crippen LogP contribution is 2.16. The van der Waals surface area contributed by atoms with E-state index in [-0.39, 0.29) is 12.4 Å². The van der Waals surface area contributed by atoms with Crippen LogP contribution in [0.1, 0.15) is 5.56 Å².